The number of anilines is 1. The first kappa shape index (κ1) is 20.4. The van der Waals surface area contributed by atoms with Gasteiger partial charge in [-0.25, -0.2) is 8.42 Å². The molecule has 0 aromatic heterocycles. The van der Waals surface area contributed by atoms with Gasteiger partial charge in [0.05, 0.1) is 17.9 Å². The van der Waals surface area contributed by atoms with Crippen molar-refractivity contribution in [1.82, 2.24) is 9.21 Å². The molecule has 6 nitrogen and oxygen atoms in total. The van der Waals surface area contributed by atoms with Crippen LogP contribution in [0.4, 0.5) is 18.9 Å². The van der Waals surface area contributed by atoms with Gasteiger partial charge in [0.1, 0.15) is 5.84 Å². The summed E-state index contributed by atoms with van der Waals surface area (Å²) < 4.78 is 64.4. The zero-order chi connectivity index (χ0) is 20.8. The van der Waals surface area contributed by atoms with Crippen molar-refractivity contribution in [2.75, 3.05) is 43.4 Å². The van der Waals surface area contributed by atoms with Crippen LogP contribution in [-0.2, 0) is 16.2 Å². The molecule has 3 aliphatic rings. The molecule has 1 unspecified atom stereocenters. The lowest BCUT2D eigenvalue weighted by Crippen LogP contribution is -2.52. The molecule has 0 saturated carbocycles. The van der Waals surface area contributed by atoms with Gasteiger partial charge in [0.15, 0.2) is 0 Å². The summed E-state index contributed by atoms with van der Waals surface area (Å²) in [5.74, 6) is 0.932. The molecular formula is C19H23F3N4O2S. The van der Waals surface area contributed by atoms with Gasteiger partial charge in [-0.2, -0.15) is 17.5 Å². The molecule has 0 bridgehead atoms. The molecular weight excluding hydrogens is 405 g/mol. The first-order chi connectivity index (χ1) is 13.6. The maximum atomic E-state index is 12.9. The second kappa shape index (κ2) is 7.41. The van der Waals surface area contributed by atoms with Crippen LogP contribution in [0.5, 0.6) is 0 Å². The Balaban J connectivity index is 1.50. The number of aliphatic imine (C=N–C) groups is 1. The summed E-state index contributed by atoms with van der Waals surface area (Å²) >= 11 is 0. The van der Waals surface area contributed by atoms with Crippen molar-refractivity contribution < 1.29 is 21.6 Å². The molecule has 3 heterocycles. The summed E-state index contributed by atoms with van der Waals surface area (Å²) in [5.41, 5.74) is 0.899. The smallest absolute Gasteiger partial charge is 0.302 e. The molecule has 2 saturated heterocycles. The van der Waals surface area contributed by atoms with E-state index in [9.17, 15) is 21.6 Å². The second-order valence-electron chi connectivity index (χ2n) is 7.57. The maximum Gasteiger partial charge on any atom is 0.416 e. The van der Waals surface area contributed by atoms with Gasteiger partial charge in [-0.05, 0) is 43.7 Å². The Hall–Kier alpha value is -1.91. The molecule has 2 fully saturated rings. The van der Waals surface area contributed by atoms with E-state index in [1.165, 1.54) is 12.1 Å². The average Bonchev–Trinajstić information content (AvgIpc) is 2.96. The number of amidine groups is 1. The number of rotatable bonds is 3. The number of benzene rings is 1. The fourth-order valence-corrected chi connectivity index (χ4v) is 6.01. The zero-order valence-electron chi connectivity index (χ0n) is 16.1. The van der Waals surface area contributed by atoms with E-state index in [1.54, 1.807) is 4.31 Å². The highest BCUT2D eigenvalue weighted by atomic mass is 32.2. The number of nitrogens with zero attached hydrogens (tertiary/aromatic N) is 4. The molecule has 0 amide bonds. The Bertz CT molecular complexity index is 941. The van der Waals surface area contributed by atoms with E-state index in [0.29, 0.717) is 44.8 Å². The van der Waals surface area contributed by atoms with Crippen molar-refractivity contribution in [1.29, 1.82) is 0 Å². The number of alkyl halides is 3. The van der Waals surface area contributed by atoms with Crippen LogP contribution < -0.4 is 4.90 Å². The van der Waals surface area contributed by atoms with Gasteiger partial charge >= 0.3 is 6.18 Å². The highest BCUT2D eigenvalue weighted by molar-refractivity contribution is 7.89. The van der Waals surface area contributed by atoms with E-state index in [-0.39, 0.29) is 11.8 Å². The summed E-state index contributed by atoms with van der Waals surface area (Å²) in [4.78, 5) is 8.50. The van der Waals surface area contributed by atoms with Gasteiger partial charge in [-0.1, -0.05) is 0 Å². The molecule has 4 rings (SSSR count). The molecule has 158 valence electrons. The van der Waals surface area contributed by atoms with Crippen LogP contribution in [0.2, 0.25) is 0 Å². The summed E-state index contributed by atoms with van der Waals surface area (Å²) in [6.07, 6.45) is -1.76. The van der Waals surface area contributed by atoms with E-state index in [4.69, 9.17) is 0 Å². The van der Waals surface area contributed by atoms with Gasteiger partial charge in [-0.3, -0.25) is 9.89 Å². The predicted octanol–water partition coefficient (Wildman–Crippen LogP) is 2.55. The van der Waals surface area contributed by atoms with Gasteiger partial charge in [0.2, 0.25) is 10.0 Å². The van der Waals surface area contributed by atoms with Crippen LogP contribution >= 0.6 is 0 Å². The topological polar surface area (TPSA) is 56.2 Å². The van der Waals surface area contributed by atoms with Gasteiger partial charge < -0.3 is 4.90 Å². The van der Waals surface area contributed by atoms with Crippen LogP contribution in [-0.4, -0.2) is 68.0 Å². The first-order valence-corrected chi connectivity index (χ1v) is 11.2. The Morgan fingerprint density at radius 2 is 1.90 bits per heavy atom. The molecule has 29 heavy (non-hydrogen) atoms. The monoisotopic (exact) mass is 428 g/mol. The minimum Gasteiger partial charge on any atom is -0.302 e. The minimum absolute atomic E-state index is 0.00669. The van der Waals surface area contributed by atoms with Crippen LogP contribution in [0.25, 0.3) is 0 Å². The van der Waals surface area contributed by atoms with E-state index < -0.39 is 21.8 Å². The Morgan fingerprint density at radius 1 is 1.17 bits per heavy atom. The summed E-state index contributed by atoms with van der Waals surface area (Å²) in [5, 5.41) is 0. The summed E-state index contributed by atoms with van der Waals surface area (Å²) in [6, 6.07) is 5.09. The molecule has 0 N–H and O–H groups in total. The van der Waals surface area contributed by atoms with Crippen LogP contribution in [0.3, 0.4) is 0 Å². The molecule has 1 aromatic rings. The normalized spacial score (nSPS) is 25.5. The molecule has 1 atom stereocenters. The number of hydrogen-bond donors (Lipinski definition) is 0. The molecule has 0 aliphatic carbocycles. The van der Waals surface area contributed by atoms with Crippen molar-refractivity contribution in [2.45, 2.75) is 25.6 Å². The fraction of sp³-hybridized carbons (Fsp3) is 0.526. The number of fused-ring (bicyclic) bond motifs is 1. The van der Waals surface area contributed by atoms with Gasteiger partial charge in [-0.15, -0.1) is 0 Å². The minimum atomic E-state index is -4.37. The zero-order valence-corrected chi connectivity index (χ0v) is 16.9. The third kappa shape index (κ3) is 4.06. The van der Waals surface area contributed by atoms with Crippen LogP contribution in [0, 0.1) is 0 Å². The molecule has 1 aromatic carbocycles. The molecule has 0 spiro atoms. The quantitative estimate of drug-likeness (QED) is 0.743. The lowest BCUT2D eigenvalue weighted by Gasteiger charge is -2.39. The highest BCUT2D eigenvalue weighted by Gasteiger charge is 2.41. The van der Waals surface area contributed by atoms with Crippen molar-refractivity contribution >= 4 is 21.5 Å². The van der Waals surface area contributed by atoms with E-state index >= 15 is 0 Å². The third-order valence-electron chi connectivity index (χ3n) is 5.68. The maximum absolute atomic E-state index is 12.9. The van der Waals surface area contributed by atoms with Crippen molar-refractivity contribution in [3.63, 3.8) is 0 Å². The van der Waals surface area contributed by atoms with Crippen molar-refractivity contribution in [2.24, 2.45) is 4.99 Å². The number of halogens is 3. The summed E-state index contributed by atoms with van der Waals surface area (Å²) in [6.45, 7) is 4.73. The van der Waals surface area contributed by atoms with Crippen molar-refractivity contribution in [3.05, 3.63) is 41.6 Å². The van der Waals surface area contributed by atoms with E-state index in [2.05, 4.69) is 9.89 Å². The van der Waals surface area contributed by atoms with Crippen molar-refractivity contribution in [3.8, 4) is 0 Å². The first-order valence-electron chi connectivity index (χ1n) is 9.54. The number of hydrogen-bond acceptors (Lipinski definition) is 5. The Labute approximate surface area is 168 Å². The lowest BCUT2D eigenvalue weighted by molar-refractivity contribution is -0.137. The Kier molecular flexibility index (Phi) is 5.20. The van der Waals surface area contributed by atoms with E-state index in [0.717, 1.165) is 23.7 Å². The summed E-state index contributed by atoms with van der Waals surface area (Å²) in [7, 11) is -3.11. The third-order valence-corrected chi connectivity index (χ3v) is 7.62. The fourth-order valence-electron chi connectivity index (χ4n) is 4.22. The SMILES string of the molecule is CC1=NCC=C(CN2CCN3C(CCS3(=O)=O)C2)N1c1ccc(C(F)(F)F)cc1. The second-order valence-corrected chi connectivity index (χ2v) is 9.61. The van der Waals surface area contributed by atoms with Crippen LogP contribution in [0.15, 0.2) is 41.0 Å². The van der Waals surface area contributed by atoms with Gasteiger partial charge in [0, 0.05) is 43.6 Å². The number of sulfonamides is 1. The predicted molar refractivity (Wildman–Crippen MR) is 105 cm³/mol. The van der Waals surface area contributed by atoms with Crippen LogP contribution in [0.1, 0.15) is 18.9 Å². The highest BCUT2D eigenvalue weighted by Crippen LogP contribution is 2.32. The average molecular weight is 428 g/mol. The Morgan fingerprint density at radius 3 is 2.59 bits per heavy atom. The lowest BCUT2D eigenvalue weighted by atomic mass is 10.1. The molecule has 3 aliphatic heterocycles. The number of piperazine rings is 1. The standard InChI is InChI=1S/C19H23F3N4O2S/c1-14-23-8-6-18(26(14)16-4-2-15(3-5-16)19(20,21)22)13-24-9-10-25-17(12-24)7-11-29(25,27)28/h2-6,17H,7-13H2,1H3. The molecule has 0 radical (unpaired) electrons. The largest absolute Gasteiger partial charge is 0.416 e. The van der Waals surface area contributed by atoms with Gasteiger partial charge in [0.25, 0.3) is 0 Å². The van der Waals surface area contributed by atoms with E-state index in [1.807, 2.05) is 17.9 Å². The molecule has 10 heteroatoms.